The van der Waals surface area contributed by atoms with Crippen LogP contribution < -0.4 is 10.1 Å². The van der Waals surface area contributed by atoms with Gasteiger partial charge < -0.3 is 10.1 Å². The van der Waals surface area contributed by atoms with Crippen LogP contribution in [-0.2, 0) is 4.79 Å². The molecule has 0 spiro atoms. The molecule has 2 rings (SSSR count). The zero-order valence-electron chi connectivity index (χ0n) is 19.3. The summed E-state index contributed by atoms with van der Waals surface area (Å²) in [4.78, 5) is 16.3. The highest BCUT2D eigenvalue weighted by Gasteiger charge is 2.12. The highest BCUT2D eigenvalue weighted by Crippen LogP contribution is 2.18. The Morgan fingerprint density at radius 3 is 2.42 bits per heavy atom. The molecular formula is C26H37FN2O2. The first-order valence-electron chi connectivity index (χ1n) is 11.6. The largest absolute Gasteiger partial charge is 0.478 e. The molecule has 0 saturated heterocycles. The predicted octanol–water partition coefficient (Wildman–Crippen LogP) is 6.75. The van der Waals surface area contributed by atoms with Crippen LogP contribution in [0.4, 0.5) is 4.39 Å². The smallest absolute Gasteiger partial charge is 0.279 e. The normalized spacial score (nSPS) is 12.2. The molecule has 0 aliphatic carbocycles. The van der Waals surface area contributed by atoms with Crippen molar-refractivity contribution >= 4 is 16.8 Å². The Morgan fingerprint density at radius 2 is 1.68 bits per heavy atom. The number of allylic oxidation sites excluding steroid dienone is 1. The molecule has 1 N–H and O–H groups in total. The predicted molar refractivity (Wildman–Crippen MR) is 126 cm³/mol. The van der Waals surface area contributed by atoms with Crippen LogP contribution >= 0.6 is 0 Å². The highest BCUT2D eigenvalue weighted by molar-refractivity contribution is 5.91. The van der Waals surface area contributed by atoms with E-state index in [1.165, 1.54) is 12.8 Å². The Labute approximate surface area is 186 Å². The summed E-state index contributed by atoms with van der Waals surface area (Å²) in [5.74, 6) is -0.180. The molecule has 0 radical (unpaired) electrons. The zero-order valence-corrected chi connectivity index (χ0v) is 19.3. The maximum atomic E-state index is 14.0. The van der Waals surface area contributed by atoms with E-state index in [1.54, 1.807) is 6.92 Å². The summed E-state index contributed by atoms with van der Waals surface area (Å²) in [6, 6.07) is 12.0. The van der Waals surface area contributed by atoms with Gasteiger partial charge in [0, 0.05) is 18.0 Å². The minimum atomic E-state index is -0.610. The summed E-state index contributed by atoms with van der Waals surface area (Å²) >= 11 is 0. The Kier molecular flexibility index (Phi) is 11.0. The fraction of sp³-hybridized carbons (Fsp3) is 0.538. The number of ether oxygens (including phenoxy) is 1. The molecule has 0 bridgehead atoms. The molecule has 170 valence electrons. The Hall–Kier alpha value is -2.43. The summed E-state index contributed by atoms with van der Waals surface area (Å²) in [6.45, 7) is 6.89. The number of nitrogens with zero attached hydrogens (tertiary/aromatic N) is 1. The van der Waals surface area contributed by atoms with Crippen molar-refractivity contribution < 1.29 is 13.9 Å². The second-order valence-corrected chi connectivity index (χ2v) is 8.61. The van der Waals surface area contributed by atoms with E-state index < -0.39 is 11.7 Å². The van der Waals surface area contributed by atoms with Crippen LogP contribution in [0.1, 0.15) is 72.1 Å². The average molecular weight is 429 g/mol. The molecule has 4 nitrogen and oxygen atoms in total. The first-order valence-corrected chi connectivity index (χ1v) is 11.6. The van der Waals surface area contributed by atoms with Gasteiger partial charge in [-0.3, -0.25) is 4.79 Å². The van der Waals surface area contributed by atoms with E-state index in [0.717, 1.165) is 43.0 Å². The fourth-order valence-electron chi connectivity index (χ4n) is 3.36. The molecule has 2 aromatic rings. The van der Waals surface area contributed by atoms with E-state index in [9.17, 15) is 9.18 Å². The number of pyridine rings is 1. The number of hydrogen-bond donors (Lipinski definition) is 1. The molecule has 0 unspecified atom stereocenters. The number of carbonyl (C=O) groups excluding carboxylic acids is 1. The minimum absolute atomic E-state index is 0.318. The van der Waals surface area contributed by atoms with E-state index in [4.69, 9.17) is 4.74 Å². The van der Waals surface area contributed by atoms with E-state index >= 15 is 0 Å². The van der Waals surface area contributed by atoms with Crippen LogP contribution in [0.5, 0.6) is 5.88 Å². The van der Waals surface area contributed by atoms with Gasteiger partial charge in [0.15, 0.2) is 5.83 Å². The molecular weight excluding hydrogens is 391 g/mol. The number of para-hydroxylation sites is 1. The lowest BCUT2D eigenvalue weighted by atomic mass is 10.0. The lowest BCUT2D eigenvalue weighted by Crippen LogP contribution is -2.28. The van der Waals surface area contributed by atoms with E-state index in [2.05, 4.69) is 10.3 Å². The first kappa shape index (κ1) is 24.8. The number of carbonyl (C=O) groups is 1. The molecule has 5 heteroatoms. The summed E-state index contributed by atoms with van der Waals surface area (Å²) in [5, 5.41) is 3.75. The maximum absolute atomic E-state index is 14.0. The molecule has 1 aromatic carbocycles. The Morgan fingerprint density at radius 1 is 1.00 bits per heavy atom. The molecule has 1 aromatic heterocycles. The van der Waals surface area contributed by atoms with Crippen molar-refractivity contribution in [3.63, 3.8) is 0 Å². The molecule has 31 heavy (non-hydrogen) atoms. The monoisotopic (exact) mass is 428 g/mol. The van der Waals surface area contributed by atoms with Crippen molar-refractivity contribution in [2.75, 3.05) is 13.2 Å². The number of fused-ring (bicyclic) bond motifs is 1. The number of rotatable bonds is 14. The molecule has 0 aliphatic rings. The Balaban J connectivity index is 1.49. The van der Waals surface area contributed by atoms with Crippen LogP contribution in [-0.4, -0.2) is 24.0 Å². The lowest BCUT2D eigenvalue weighted by molar-refractivity contribution is -0.119. The summed E-state index contributed by atoms with van der Waals surface area (Å²) in [7, 11) is 0. The van der Waals surface area contributed by atoms with Crippen molar-refractivity contribution in [2.45, 2.75) is 72.1 Å². The van der Waals surface area contributed by atoms with Crippen LogP contribution in [0.2, 0.25) is 0 Å². The van der Waals surface area contributed by atoms with Crippen LogP contribution in [0.25, 0.3) is 10.9 Å². The Bertz CT molecular complexity index is 848. The third kappa shape index (κ3) is 9.50. The minimum Gasteiger partial charge on any atom is -0.478 e. The average Bonchev–Trinajstić information content (AvgIpc) is 2.77. The van der Waals surface area contributed by atoms with Gasteiger partial charge in [-0.25, -0.2) is 9.37 Å². The number of amides is 1. The van der Waals surface area contributed by atoms with Gasteiger partial charge in [-0.1, -0.05) is 64.2 Å². The zero-order chi connectivity index (χ0) is 22.5. The second-order valence-electron chi connectivity index (χ2n) is 8.61. The fourth-order valence-corrected chi connectivity index (χ4v) is 3.36. The molecule has 0 aliphatic heterocycles. The molecule has 1 heterocycles. The maximum Gasteiger partial charge on any atom is 0.279 e. The highest BCUT2D eigenvalue weighted by atomic mass is 19.1. The van der Waals surface area contributed by atoms with Gasteiger partial charge in [0.1, 0.15) is 0 Å². The summed E-state index contributed by atoms with van der Waals surface area (Å²) in [6.07, 6.45) is 8.28. The van der Waals surface area contributed by atoms with Crippen LogP contribution in [0.3, 0.4) is 0 Å². The van der Waals surface area contributed by atoms with Crippen molar-refractivity contribution in [3.8, 4) is 5.88 Å². The van der Waals surface area contributed by atoms with Gasteiger partial charge in [-0.05, 0) is 49.8 Å². The van der Waals surface area contributed by atoms with Crippen molar-refractivity contribution in [2.24, 2.45) is 5.92 Å². The van der Waals surface area contributed by atoms with Crippen LogP contribution in [0.15, 0.2) is 47.8 Å². The third-order valence-electron chi connectivity index (χ3n) is 5.26. The first-order chi connectivity index (χ1) is 15.0. The van der Waals surface area contributed by atoms with Crippen molar-refractivity contribution in [1.82, 2.24) is 10.3 Å². The molecule has 0 fully saturated rings. The topological polar surface area (TPSA) is 51.2 Å². The molecule has 0 saturated carbocycles. The van der Waals surface area contributed by atoms with Gasteiger partial charge >= 0.3 is 0 Å². The van der Waals surface area contributed by atoms with Gasteiger partial charge in [0.05, 0.1) is 12.1 Å². The van der Waals surface area contributed by atoms with Crippen molar-refractivity contribution in [3.05, 3.63) is 47.8 Å². The third-order valence-corrected chi connectivity index (χ3v) is 5.26. The quantitative estimate of drug-likeness (QED) is 0.267. The second kappa shape index (κ2) is 13.8. The van der Waals surface area contributed by atoms with Gasteiger partial charge in [-0.15, -0.1) is 0 Å². The number of halogens is 1. The lowest BCUT2D eigenvalue weighted by Gasteiger charge is -2.08. The molecule has 1 amide bonds. The number of nitrogens with one attached hydrogen (secondary N) is 1. The number of hydrogen-bond acceptors (Lipinski definition) is 3. The van der Waals surface area contributed by atoms with Gasteiger partial charge in [0.2, 0.25) is 5.88 Å². The SMILES string of the molecule is C/C(CCCCCCCCCOc1ccc2ccccc2n1)=C(/F)C(=O)NCC(C)C. The van der Waals surface area contributed by atoms with E-state index in [0.29, 0.717) is 36.9 Å². The van der Waals surface area contributed by atoms with E-state index in [-0.39, 0.29) is 0 Å². The molecule has 0 atom stereocenters. The number of aromatic nitrogens is 1. The van der Waals surface area contributed by atoms with Crippen LogP contribution in [0, 0.1) is 5.92 Å². The van der Waals surface area contributed by atoms with E-state index in [1.807, 2.05) is 50.2 Å². The van der Waals surface area contributed by atoms with Gasteiger partial charge in [-0.2, -0.15) is 0 Å². The number of unbranched alkanes of at least 4 members (excludes halogenated alkanes) is 6. The standard InChI is InChI=1S/C26H37FN2O2/c1-20(2)19-28-26(30)25(27)21(3)13-9-7-5-4-6-8-12-18-31-24-17-16-22-14-10-11-15-23(22)29-24/h10-11,14-17,20H,4-9,12-13,18-19H2,1-3H3,(H,28,30)/b25-21-. The number of benzene rings is 1. The van der Waals surface area contributed by atoms with Gasteiger partial charge in [0.25, 0.3) is 5.91 Å². The summed E-state index contributed by atoms with van der Waals surface area (Å²) < 4.78 is 19.8. The van der Waals surface area contributed by atoms with Crippen molar-refractivity contribution in [1.29, 1.82) is 0 Å². The summed E-state index contributed by atoms with van der Waals surface area (Å²) in [5.41, 5.74) is 1.52.